The van der Waals surface area contributed by atoms with E-state index in [0.29, 0.717) is 41.5 Å². The highest BCUT2D eigenvalue weighted by molar-refractivity contribution is 7.90. The van der Waals surface area contributed by atoms with Gasteiger partial charge in [-0.05, 0) is 59.9 Å². The normalized spacial score (nSPS) is 25.7. The third-order valence-electron chi connectivity index (χ3n) is 8.80. The Bertz CT molecular complexity index is 1760. The van der Waals surface area contributed by atoms with Crippen molar-refractivity contribution in [2.75, 3.05) is 29.6 Å². The quantitative estimate of drug-likeness (QED) is 0.363. The van der Waals surface area contributed by atoms with Crippen molar-refractivity contribution in [3.63, 3.8) is 0 Å². The number of sulfone groups is 1. The van der Waals surface area contributed by atoms with E-state index < -0.39 is 39.1 Å². The van der Waals surface area contributed by atoms with Gasteiger partial charge in [-0.3, -0.25) is 14.5 Å². The van der Waals surface area contributed by atoms with Gasteiger partial charge >= 0.3 is 0 Å². The van der Waals surface area contributed by atoms with Crippen molar-refractivity contribution in [2.24, 2.45) is 11.3 Å². The molecule has 226 valence electrons. The number of carbonyl (C=O) groups is 2. The van der Waals surface area contributed by atoms with Crippen molar-refractivity contribution in [3.8, 4) is 0 Å². The van der Waals surface area contributed by atoms with Gasteiger partial charge in [0.15, 0.2) is 9.84 Å². The summed E-state index contributed by atoms with van der Waals surface area (Å²) in [4.78, 5) is 33.0. The molecule has 3 aromatic carbocycles. The van der Waals surface area contributed by atoms with Crippen LogP contribution in [0.1, 0.15) is 44.2 Å². The molecule has 1 spiro atoms. The molecule has 7 nitrogen and oxygen atoms in total. The van der Waals surface area contributed by atoms with Crippen molar-refractivity contribution in [2.45, 2.75) is 49.6 Å². The molecule has 0 aromatic heterocycles. The van der Waals surface area contributed by atoms with Crippen LogP contribution in [0.5, 0.6) is 0 Å². The van der Waals surface area contributed by atoms with Crippen LogP contribution in [0.15, 0.2) is 65.6 Å². The maximum Gasteiger partial charge on any atom is 0.250 e. The van der Waals surface area contributed by atoms with Crippen molar-refractivity contribution in [3.05, 3.63) is 87.7 Å². The third-order valence-corrected chi connectivity index (χ3v) is 10.5. The molecule has 2 saturated heterocycles. The van der Waals surface area contributed by atoms with Crippen LogP contribution in [0.2, 0.25) is 10.0 Å². The van der Waals surface area contributed by atoms with Crippen molar-refractivity contribution < 1.29 is 22.4 Å². The molecular formula is C32H32Cl2FN3O4S. The monoisotopic (exact) mass is 643 g/mol. The molecule has 0 aliphatic carbocycles. The van der Waals surface area contributed by atoms with E-state index in [-0.39, 0.29) is 32.7 Å². The van der Waals surface area contributed by atoms with E-state index in [0.717, 1.165) is 6.26 Å². The number of halogens is 3. The van der Waals surface area contributed by atoms with Crippen LogP contribution in [-0.2, 0) is 25.0 Å². The molecule has 2 fully saturated rings. The molecule has 3 heterocycles. The van der Waals surface area contributed by atoms with Gasteiger partial charge < -0.3 is 10.2 Å². The minimum absolute atomic E-state index is 0.0929. The molecule has 0 unspecified atom stereocenters. The van der Waals surface area contributed by atoms with Gasteiger partial charge in [0.05, 0.1) is 15.8 Å². The second-order valence-electron chi connectivity index (χ2n) is 12.9. The fourth-order valence-corrected chi connectivity index (χ4v) is 8.24. The SMILES string of the molecule is CC(C)(C)CN1[C@H]2CCN(c3ccc(S(C)(=O)=O)cc3)C(=O)[C@H]2[C@H](c2cccc(Cl)c2F)[C@]12C(=O)Nc1cc(Cl)ccc12. The number of benzene rings is 3. The summed E-state index contributed by atoms with van der Waals surface area (Å²) in [5.74, 6) is -3.01. The van der Waals surface area contributed by atoms with Gasteiger partial charge in [0, 0.05) is 53.3 Å². The van der Waals surface area contributed by atoms with E-state index in [1.54, 1.807) is 47.4 Å². The zero-order chi connectivity index (χ0) is 31.1. The number of hydrogen-bond acceptors (Lipinski definition) is 5. The Kier molecular flexibility index (Phi) is 7.20. The van der Waals surface area contributed by atoms with E-state index in [4.69, 9.17) is 23.2 Å². The number of piperidine rings is 1. The van der Waals surface area contributed by atoms with Crippen LogP contribution in [0.25, 0.3) is 0 Å². The molecule has 3 aromatic rings. The van der Waals surface area contributed by atoms with Gasteiger partial charge in [0.2, 0.25) is 11.8 Å². The minimum atomic E-state index is -3.43. The highest BCUT2D eigenvalue weighted by Gasteiger charge is 2.70. The summed E-state index contributed by atoms with van der Waals surface area (Å²) >= 11 is 12.7. The van der Waals surface area contributed by atoms with E-state index in [1.165, 1.54) is 18.2 Å². The molecule has 43 heavy (non-hydrogen) atoms. The van der Waals surface area contributed by atoms with Crippen LogP contribution in [0.4, 0.5) is 15.8 Å². The van der Waals surface area contributed by atoms with Crippen molar-refractivity contribution in [1.82, 2.24) is 4.90 Å². The van der Waals surface area contributed by atoms with Crippen molar-refractivity contribution in [1.29, 1.82) is 0 Å². The summed E-state index contributed by atoms with van der Waals surface area (Å²) in [6.45, 7) is 7.00. The Labute approximate surface area is 260 Å². The lowest BCUT2D eigenvalue weighted by molar-refractivity contribution is -0.128. The number of hydrogen-bond donors (Lipinski definition) is 1. The van der Waals surface area contributed by atoms with Gasteiger partial charge in [-0.25, -0.2) is 12.8 Å². The molecule has 0 saturated carbocycles. The van der Waals surface area contributed by atoms with Crippen LogP contribution < -0.4 is 10.2 Å². The Morgan fingerprint density at radius 2 is 1.74 bits per heavy atom. The van der Waals surface area contributed by atoms with Crippen LogP contribution in [0, 0.1) is 17.2 Å². The Balaban J connectivity index is 1.58. The molecule has 0 bridgehead atoms. The van der Waals surface area contributed by atoms with Gasteiger partial charge in [-0.15, -0.1) is 0 Å². The molecule has 0 radical (unpaired) electrons. The van der Waals surface area contributed by atoms with E-state index in [9.17, 15) is 18.0 Å². The standard InChI is InChI=1S/C32H32Cl2FN3O4S/c1-31(2,3)17-38-25-14-15-37(19-9-11-20(12-10-19)43(4,41)42)29(39)26(25)27(21-6-5-7-23(34)28(21)35)32(38)22-13-8-18(33)16-24(22)36-30(32)40/h5-13,16,25-27H,14-15,17H2,1-4H3,(H,36,40)/t25-,26+,27-,32+/m0/s1. The topological polar surface area (TPSA) is 86.8 Å². The zero-order valence-electron chi connectivity index (χ0n) is 24.2. The second kappa shape index (κ2) is 10.3. The summed E-state index contributed by atoms with van der Waals surface area (Å²) in [5.41, 5.74) is 0.202. The summed E-state index contributed by atoms with van der Waals surface area (Å²) in [7, 11) is -3.43. The lowest BCUT2D eigenvalue weighted by Gasteiger charge is -2.43. The van der Waals surface area contributed by atoms with E-state index in [2.05, 4.69) is 31.0 Å². The summed E-state index contributed by atoms with van der Waals surface area (Å²) in [6.07, 6.45) is 1.64. The number of rotatable bonds is 4. The molecule has 11 heteroatoms. The first-order chi connectivity index (χ1) is 20.1. The molecule has 1 N–H and O–H groups in total. The van der Waals surface area contributed by atoms with Gasteiger partial charge in [-0.1, -0.05) is 62.2 Å². The first-order valence-electron chi connectivity index (χ1n) is 14.1. The van der Waals surface area contributed by atoms with Crippen molar-refractivity contribution >= 4 is 56.2 Å². The fourth-order valence-electron chi connectivity index (χ4n) is 7.26. The largest absolute Gasteiger partial charge is 0.324 e. The summed E-state index contributed by atoms with van der Waals surface area (Å²) in [6, 6.07) is 15.7. The lowest BCUT2D eigenvalue weighted by atomic mass is 9.70. The number of nitrogens with zero attached hydrogens (tertiary/aromatic N) is 2. The lowest BCUT2D eigenvalue weighted by Crippen LogP contribution is -2.55. The Hall–Kier alpha value is -2.98. The van der Waals surface area contributed by atoms with Gasteiger partial charge in [0.25, 0.3) is 0 Å². The maximum absolute atomic E-state index is 16.1. The maximum atomic E-state index is 16.1. The van der Waals surface area contributed by atoms with Crippen LogP contribution in [-0.4, -0.2) is 50.5 Å². The molecule has 4 atom stereocenters. The van der Waals surface area contributed by atoms with Crippen LogP contribution in [0.3, 0.4) is 0 Å². The third kappa shape index (κ3) is 4.76. The second-order valence-corrected chi connectivity index (χ2v) is 15.7. The smallest absolute Gasteiger partial charge is 0.250 e. The van der Waals surface area contributed by atoms with E-state index >= 15 is 4.39 Å². The predicted molar refractivity (Wildman–Crippen MR) is 166 cm³/mol. The predicted octanol–water partition coefficient (Wildman–Crippen LogP) is 6.25. The van der Waals surface area contributed by atoms with Gasteiger partial charge in [-0.2, -0.15) is 0 Å². The first kappa shape index (κ1) is 30.1. The number of anilines is 2. The number of nitrogens with one attached hydrogen (secondary N) is 1. The number of amides is 2. The Morgan fingerprint density at radius 3 is 2.40 bits per heavy atom. The number of likely N-dealkylation sites (tertiary alicyclic amines) is 1. The summed E-state index contributed by atoms with van der Waals surface area (Å²) < 4.78 is 40.2. The molecule has 6 rings (SSSR count). The average molecular weight is 645 g/mol. The number of carbonyl (C=O) groups excluding carboxylic acids is 2. The molecule has 3 aliphatic heterocycles. The fraction of sp³-hybridized carbons (Fsp3) is 0.375. The van der Waals surface area contributed by atoms with Gasteiger partial charge in [0.1, 0.15) is 11.4 Å². The zero-order valence-corrected chi connectivity index (χ0v) is 26.5. The van der Waals surface area contributed by atoms with Crippen LogP contribution >= 0.6 is 23.2 Å². The average Bonchev–Trinajstić information content (AvgIpc) is 3.36. The summed E-state index contributed by atoms with van der Waals surface area (Å²) in [5, 5.41) is 3.36. The highest BCUT2D eigenvalue weighted by Crippen LogP contribution is 2.62. The van der Waals surface area contributed by atoms with E-state index in [1.807, 2.05) is 0 Å². The number of fused-ring (bicyclic) bond motifs is 3. The molecule has 2 amide bonds. The highest BCUT2D eigenvalue weighted by atomic mass is 35.5. The minimum Gasteiger partial charge on any atom is -0.324 e. The molecular weight excluding hydrogens is 612 g/mol. The molecule has 3 aliphatic rings. The first-order valence-corrected chi connectivity index (χ1v) is 16.7. The Morgan fingerprint density at radius 1 is 1.05 bits per heavy atom.